The molecule has 0 radical (unpaired) electrons. The number of piperidine rings is 1. The molecule has 0 spiro atoms. The third kappa shape index (κ3) is 3.56. The lowest BCUT2D eigenvalue weighted by Gasteiger charge is -2.32. The van der Waals surface area contributed by atoms with Crippen LogP contribution in [0.5, 0.6) is 17.2 Å². The largest absolute Gasteiger partial charge is 0.496 e. The van der Waals surface area contributed by atoms with Gasteiger partial charge in [-0.2, -0.15) is 5.10 Å². The number of ether oxygens (including phenoxy) is 3. The highest BCUT2D eigenvalue weighted by molar-refractivity contribution is 5.51. The van der Waals surface area contributed by atoms with Gasteiger partial charge in [0.2, 0.25) is 0 Å². The molecule has 1 saturated heterocycles. The Labute approximate surface area is 147 Å². The Morgan fingerprint density at radius 2 is 2.08 bits per heavy atom. The summed E-state index contributed by atoms with van der Waals surface area (Å²) in [6.45, 7) is 4.23. The summed E-state index contributed by atoms with van der Waals surface area (Å²) < 4.78 is 17.2. The fraction of sp³-hybridized carbons (Fsp3) is 0.556. The van der Waals surface area contributed by atoms with Crippen LogP contribution in [0, 0.1) is 0 Å². The molecular formula is C18H24N4O3. The van der Waals surface area contributed by atoms with Crippen LogP contribution in [0.4, 0.5) is 0 Å². The van der Waals surface area contributed by atoms with Crippen LogP contribution in [0.1, 0.15) is 36.6 Å². The summed E-state index contributed by atoms with van der Waals surface area (Å²) in [4.78, 5) is 6.77. The Hall–Kier alpha value is -2.28. The van der Waals surface area contributed by atoms with Gasteiger partial charge in [-0.15, -0.1) is 0 Å². The summed E-state index contributed by atoms with van der Waals surface area (Å²) in [6, 6.07) is 4.02. The Morgan fingerprint density at radius 3 is 2.84 bits per heavy atom. The third-order valence-corrected chi connectivity index (χ3v) is 4.87. The number of rotatable bonds is 4. The summed E-state index contributed by atoms with van der Waals surface area (Å²) in [5, 5.41) is 7.00. The quantitative estimate of drug-likeness (QED) is 0.918. The molecule has 0 amide bonds. The molecule has 3 heterocycles. The molecule has 1 aromatic heterocycles. The highest BCUT2D eigenvalue weighted by Crippen LogP contribution is 2.37. The average Bonchev–Trinajstić information content (AvgIpc) is 3.08. The standard InChI is InChI=1S/C18H24N4O3/c1-23-15-9-17-16(24-6-3-7-25-17)8-14(15)11-22-5-2-4-13(10-22)18-19-12-20-21-18/h8-9,12-13H,2-7,10-11H2,1H3,(H,19,20,21)/t13-/m1/s1. The molecule has 1 fully saturated rings. The molecule has 4 rings (SSSR count). The topological polar surface area (TPSA) is 72.5 Å². The van der Waals surface area contributed by atoms with Gasteiger partial charge in [-0.3, -0.25) is 10.00 Å². The lowest BCUT2D eigenvalue weighted by molar-refractivity contribution is 0.194. The van der Waals surface area contributed by atoms with Gasteiger partial charge in [-0.25, -0.2) is 4.98 Å². The van der Waals surface area contributed by atoms with Gasteiger partial charge >= 0.3 is 0 Å². The van der Waals surface area contributed by atoms with Crippen LogP contribution >= 0.6 is 0 Å². The van der Waals surface area contributed by atoms with E-state index >= 15 is 0 Å². The minimum atomic E-state index is 0.405. The normalized spacial score (nSPS) is 20.9. The predicted molar refractivity (Wildman–Crippen MR) is 92.2 cm³/mol. The van der Waals surface area contributed by atoms with Crippen molar-refractivity contribution in [3.63, 3.8) is 0 Å². The Balaban J connectivity index is 1.52. The first kappa shape index (κ1) is 16.2. The zero-order valence-electron chi connectivity index (χ0n) is 14.5. The first-order valence-corrected chi connectivity index (χ1v) is 8.87. The van der Waals surface area contributed by atoms with Crippen LogP contribution in [0.25, 0.3) is 0 Å². The smallest absolute Gasteiger partial charge is 0.164 e. The van der Waals surface area contributed by atoms with E-state index in [-0.39, 0.29) is 0 Å². The fourth-order valence-electron chi connectivity index (χ4n) is 3.62. The lowest BCUT2D eigenvalue weighted by Crippen LogP contribution is -2.34. The van der Waals surface area contributed by atoms with Crippen molar-refractivity contribution >= 4 is 0 Å². The molecule has 134 valence electrons. The van der Waals surface area contributed by atoms with Crippen molar-refractivity contribution in [2.45, 2.75) is 31.7 Å². The molecule has 2 aromatic rings. The number of H-pyrrole nitrogens is 1. The highest BCUT2D eigenvalue weighted by Gasteiger charge is 2.25. The number of hydrogen-bond donors (Lipinski definition) is 1. The number of fused-ring (bicyclic) bond motifs is 1. The molecule has 1 N–H and O–H groups in total. The first-order valence-electron chi connectivity index (χ1n) is 8.87. The Morgan fingerprint density at radius 1 is 1.24 bits per heavy atom. The molecule has 2 aliphatic rings. The van der Waals surface area contributed by atoms with Crippen molar-refractivity contribution in [2.24, 2.45) is 0 Å². The van der Waals surface area contributed by atoms with E-state index in [1.54, 1.807) is 13.4 Å². The van der Waals surface area contributed by atoms with Gasteiger partial charge in [-0.1, -0.05) is 0 Å². The van der Waals surface area contributed by atoms with E-state index < -0.39 is 0 Å². The maximum absolute atomic E-state index is 5.84. The van der Waals surface area contributed by atoms with Gasteiger partial charge in [0, 0.05) is 37.1 Å². The molecular weight excluding hydrogens is 320 g/mol. The van der Waals surface area contributed by atoms with Crippen molar-refractivity contribution in [3.05, 3.63) is 29.8 Å². The Bertz CT molecular complexity index is 705. The van der Waals surface area contributed by atoms with Crippen LogP contribution < -0.4 is 14.2 Å². The van der Waals surface area contributed by atoms with Gasteiger partial charge < -0.3 is 14.2 Å². The molecule has 0 aliphatic carbocycles. The number of likely N-dealkylation sites (tertiary alicyclic amines) is 1. The average molecular weight is 344 g/mol. The summed E-state index contributed by atoms with van der Waals surface area (Å²) in [5.74, 6) is 3.83. The van der Waals surface area contributed by atoms with Gasteiger partial charge in [-0.05, 0) is 25.5 Å². The molecule has 0 bridgehead atoms. The zero-order chi connectivity index (χ0) is 17.1. The van der Waals surface area contributed by atoms with Crippen LogP contribution in [0.15, 0.2) is 18.5 Å². The summed E-state index contributed by atoms with van der Waals surface area (Å²) >= 11 is 0. The van der Waals surface area contributed by atoms with E-state index in [0.717, 1.165) is 67.5 Å². The highest BCUT2D eigenvalue weighted by atomic mass is 16.5. The second-order valence-electron chi connectivity index (χ2n) is 6.61. The first-order chi connectivity index (χ1) is 12.3. The van der Waals surface area contributed by atoms with Gasteiger partial charge in [0.1, 0.15) is 17.9 Å². The molecule has 0 unspecified atom stereocenters. The number of aromatic nitrogens is 3. The number of methoxy groups -OCH3 is 1. The van der Waals surface area contributed by atoms with Crippen molar-refractivity contribution < 1.29 is 14.2 Å². The van der Waals surface area contributed by atoms with Crippen LogP contribution in [-0.2, 0) is 6.54 Å². The monoisotopic (exact) mass is 344 g/mol. The fourth-order valence-corrected chi connectivity index (χ4v) is 3.62. The van der Waals surface area contributed by atoms with Crippen LogP contribution in [-0.4, -0.2) is 53.5 Å². The van der Waals surface area contributed by atoms with Crippen LogP contribution in [0.2, 0.25) is 0 Å². The van der Waals surface area contributed by atoms with E-state index in [1.165, 1.54) is 0 Å². The molecule has 1 aromatic carbocycles. The number of nitrogens with zero attached hydrogens (tertiary/aromatic N) is 3. The van der Waals surface area contributed by atoms with E-state index in [4.69, 9.17) is 14.2 Å². The van der Waals surface area contributed by atoms with Crippen molar-refractivity contribution in [2.75, 3.05) is 33.4 Å². The van der Waals surface area contributed by atoms with Crippen molar-refractivity contribution in [3.8, 4) is 17.2 Å². The van der Waals surface area contributed by atoms with Crippen LogP contribution in [0.3, 0.4) is 0 Å². The molecule has 25 heavy (non-hydrogen) atoms. The minimum absolute atomic E-state index is 0.405. The zero-order valence-corrected chi connectivity index (χ0v) is 14.5. The minimum Gasteiger partial charge on any atom is -0.496 e. The molecule has 2 aliphatic heterocycles. The SMILES string of the molecule is COc1cc2c(cc1CN1CCC[C@@H](c3ncn[nH]3)C1)OCCCO2. The third-order valence-electron chi connectivity index (χ3n) is 4.87. The number of benzene rings is 1. The number of hydrogen-bond acceptors (Lipinski definition) is 6. The number of aromatic amines is 1. The van der Waals surface area contributed by atoms with Crippen molar-refractivity contribution in [1.29, 1.82) is 0 Å². The maximum atomic E-state index is 5.84. The second-order valence-corrected chi connectivity index (χ2v) is 6.61. The molecule has 1 atom stereocenters. The summed E-state index contributed by atoms with van der Waals surface area (Å²) in [6.07, 6.45) is 4.78. The van der Waals surface area contributed by atoms with Gasteiger partial charge in [0.05, 0.1) is 20.3 Å². The molecule has 0 saturated carbocycles. The van der Waals surface area contributed by atoms with Crippen molar-refractivity contribution in [1.82, 2.24) is 20.1 Å². The maximum Gasteiger partial charge on any atom is 0.164 e. The predicted octanol–water partition coefficient (Wildman–Crippen LogP) is 2.35. The summed E-state index contributed by atoms with van der Waals surface area (Å²) in [7, 11) is 1.70. The summed E-state index contributed by atoms with van der Waals surface area (Å²) in [5.41, 5.74) is 1.13. The van der Waals surface area contributed by atoms with Gasteiger partial charge in [0.15, 0.2) is 11.5 Å². The van der Waals surface area contributed by atoms with E-state index in [9.17, 15) is 0 Å². The second kappa shape index (κ2) is 7.31. The molecule has 7 heteroatoms. The Kier molecular flexibility index (Phi) is 4.74. The number of nitrogens with one attached hydrogen (secondary N) is 1. The van der Waals surface area contributed by atoms with E-state index in [2.05, 4.69) is 26.1 Å². The van der Waals surface area contributed by atoms with Gasteiger partial charge in [0.25, 0.3) is 0 Å². The lowest BCUT2D eigenvalue weighted by atomic mass is 9.97. The van der Waals surface area contributed by atoms with E-state index in [0.29, 0.717) is 19.1 Å². The molecule has 7 nitrogen and oxygen atoms in total. The van der Waals surface area contributed by atoms with E-state index in [1.807, 2.05) is 6.07 Å².